The summed E-state index contributed by atoms with van der Waals surface area (Å²) in [6.45, 7) is 7.69. The summed E-state index contributed by atoms with van der Waals surface area (Å²) in [7, 11) is 0. The number of carbonyl (C=O) groups excluding carboxylic acids is 3. The van der Waals surface area contributed by atoms with Gasteiger partial charge in [0.15, 0.2) is 0 Å². The van der Waals surface area contributed by atoms with Crippen LogP contribution in [0.5, 0.6) is 0 Å². The Morgan fingerprint density at radius 2 is 1.83 bits per heavy atom. The molecule has 2 N–H and O–H groups in total. The molecule has 1 saturated heterocycles. The van der Waals surface area contributed by atoms with Crippen LogP contribution in [0.4, 0.5) is 4.79 Å². The zero-order valence-corrected chi connectivity index (χ0v) is 18.2. The summed E-state index contributed by atoms with van der Waals surface area (Å²) in [6.07, 6.45) is 8.57. The van der Waals surface area contributed by atoms with Crippen molar-refractivity contribution in [3.05, 3.63) is 11.6 Å². The lowest BCUT2D eigenvalue weighted by Crippen LogP contribution is -2.40. The predicted molar refractivity (Wildman–Crippen MR) is 110 cm³/mol. The second kappa shape index (κ2) is 10.6. The van der Waals surface area contributed by atoms with Crippen LogP contribution < -0.4 is 10.6 Å². The molecule has 7 nitrogen and oxygen atoms in total. The fraction of sp³-hybridized carbons (Fsp3) is 0.773. The Morgan fingerprint density at radius 1 is 1.17 bits per heavy atom. The summed E-state index contributed by atoms with van der Waals surface area (Å²) in [6, 6.07) is -0.486. The van der Waals surface area contributed by atoms with Crippen LogP contribution in [-0.4, -0.2) is 42.3 Å². The fourth-order valence-electron chi connectivity index (χ4n) is 3.78. The number of nitrogens with one attached hydrogen (secondary N) is 2. The van der Waals surface area contributed by atoms with Gasteiger partial charge in [0.2, 0.25) is 5.91 Å². The molecule has 0 radical (unpaired) electrons. The van der Waals surface area contributed by atoms with Crippen molar-refractivity contribution in [3.63, 3.8) is 0 Å². The Balaban J connectivity index is 2.03. The van der Waals surface area contributed by atoms with Crippen LogP contribution in [-0.2, 0) is 19.1 Å². The van der Waals surface area contributed by atoms with E-state index in [0.717, 1.165) is 25.7 Å². The molecular formula is C22H36N2O5. The van der Waals surface area contributed by atoms with E-state index in [-0.39, 0.29) is 23.9 Å². The van der Waals surface area contributed by atoms with Crippen molar-refractivity contribution >= 4 is 18.0 Å². The van der Waals surface area contributed by atoms with Crippen LogP contribution in [0.3, 0.4) is 0 Å². The van der Waals surface area contributed by atoms with Crippen LogP contribution in [0.15, 0.2) is 11.6 Å². The lowest BCUT2D eigenvalue weighted by Gasteiger charge is -2.24. The van der Waals surface area contributed by atoms with E-state index >= 15 is 0 Å². The number of hydrogen-bond donors (Lipinski definition) is 2. The number of alkyl carbamates (subject to hydrolysis) is 1. The van der Waals surface area contributed by atoms with Gasteiger partial charge < -0.3 is 20.1 Å². The summed E-state index contributed by atoms with van der Waals surface area (Å²) in [5.41, 5.74) is -0.190. The van der Waals surface area contributed by atoms with Crippen molar-refractivity contribution in [2.75, 3.05) is 6.54 Å². The molecule has 0 aromatic carbocycles. The molecule has 0 aromatic rings. The normalized spacial score (nSPS) is 22.4. The van der Waals surface area contributed by atoms with Crippen molar-refractivity contribution in [2.24, 2.45) is 5.92 Å². The summed E-state index contributed by atoms with van der Waals surface area (Å²) in [5, 5.41) is 5.60. The number of ether oxygens (including phenoxy) is 2. The van der Waals surface area contributed by atoms with Gasteiger partial charge in [0.1, 0.15) is 11.7 Å². The first-order valence-corrected chi connectivity index (χ1v) is 10.8. The molecule has 7 heteroatoms. The van der Waals surface area contributed by atoms with E-state index in [1.165, 1.54) is 12.8 Å². The Kier molecular flexibility index (Phi) is 8.53. The quantitative estimate of drug-likeness (QED) is 0.398. The molecule has 2 atom stereocenters. The van der Waals surface area contributed by atoms with E-state index in [9.17, 15) is 14.4 Å². The molecule has 0 spiro atoms. The van der Waals surface area contributed by atoms with Crippen molar-refractivity contribution in [1.29, 1.82) is 0 Å². The molecule has 2 rings (SSSR count). The van der Waals surface area contributed by atoms with Crippen molar-refractivity contribution in [3.8, 4) is 0 Å². The minimum absolute atomic E-state index is 0.0203. The second-order valence-electron chi connectivity index (χ2n) is 9.13. The summed E-state index contributed by atoms with van der Waals surface area (Å²) >= 11 is 0. The molecular weight excluding hydrogens is 372 g/mol. The van der Waals surface area contributed by atoms with Crippen molar-refractivity contribution in [2.45, 2.75) is 96.8 Å². The molecule has 0 aromatic heterocycles. The van der Waals surface area contributed by atoms with Crippen LogP contribution in [0.1, 0.15) is 79.1 Å². The van der Waals surface area contributed by atoms with Crippen molar-refractivity contribution in [1.82, 2.24) is 10.6 Å². The number of esters is 1. The SMILES string of the molecule is C/C(=C\[C@H](C[C@@H]1CCNC1=O)NC(=O)OC(C)(C)C)C(=O)OC1CCCCCC1. The standard InChI is InChI=1S/C22H36N2O5/c1-15(20(26)28-18-9-7-5-6-8-10-18)13-17(14-16-11-12-23-19(16)25)24-21(27)29-22(2,3)4/h13,16-18H,5-12,14H2,1-4H3,(H,23,25)(H,24,27)/b15-13+/t16-,17+/m0/s1. The first-order valence-electron chi connectivity index (χ1n) is 10.8. The highest BCUT2D eigenvalue weighted by Crippen LogP contribution is 2.22. The Labute approximate surface area is 174 Å². The average Bonchev–Trinajstić information content (AvgIpc) is 2.84. The maximum Gasteiger partial charge on any atom is 0.408 e. The molecule has 29 heavy (non-hydrogen) atoms. The van der Waals surface area contributed by atoms with Crippen LogP contribution in [0, 0.1) is 5.92 Å². The van der Waals surface area contributed by atoms with E-state index in [0.29, 0.717) is 25.0 Å². The maximum absolute atomic E-state index is 12.6. The molecule has 1 aliphatic heterocycles. The summed E-state index contributed by atoms with van der Waals surface area (Å²) in [5.74, 6) is -0.575. The highest BCUT2D eigenvalue weighted by molar-refractivity contribution is 5.88. The minimum Gasteiger partial charge on any atom is -0.459 e. The number of rotatable bonds is 6. The number of amides is 2. The lowest BCUT2D eigenvalue weighted by molar-refractivity contribution is -0.144. The Bertz CT molecular complexity index is 615. The molecule has 2 amide bonds. The topological polar surface area (TPSA) is 93.7 Å². The smallest absolute Gasteiger partial charge is 0.408 e. The van der Waals surface area contributed by atoms with Crippen LogP contribution in [0.25, 0.3) is 0 Å². The zero-order valence-electron chi connectivity index (χ0n) is 18.2. The molecule has 164 valence electrons. The number of hydrogen-bond acceptors (Lipinski definition) is 5. The van der Waals surface area contributed by atoms with E-state index in [2.05, 4.69) is 10.6 Å². The highest BCUT2D eigenvalue weighted by atomic mass is 16.6. The molecule has 0 bridgehead atoms. The second-order valence-corrected chi connectivity index (χ2v) is 9.13. The first kappa shape index (κ1) is 23.2. The van der Waals surface area contributed by atoms with Crippen LogP contribution in [0.2, 0.25) is 0 Å². The van der Waals surface area contributed by atoms with Gasteiger partial charge >= 0.3 is 12.1 Å². The summed E-state index contributed by atoms with van der Waals surface area (Å²) < 4.78 is 11.0. The molecule has 1 saturated carbocycles. The average molecular weight is 409 g/mol. The minimum atomic E-state index is -0.628. The lowest BCUT2D eigenvalue weighted by atomic mass is 9.97. The van der Waals surface area contributed by atoms with E-state index in [1.54, 1.807) is 33.8 Å². The largest absolute Gasteiger partial charge is 0.459 e. The van der Waals surface area contributed by atoms with Gasteiger partial charge in [-0.2, -0.15) is 0 Å². The molecule has 1 heterocycles. The van der Waals surface area contributed by atoms with E-state index in [4.69, 9.17) is 9.47 Å². The van der Waals surface area contributed by atoms with Crippen molar-refractivity contribution < 1.29 is 23.9 Å². The zero-order chi connectivity index (χ0) is 21.4. The van der Waals surface area contributed by atoms with Gasteiger partial charge in [-0.3, -0.25) is 4.79 Å². The van der Waals surface area contributed by atoms with Gasteiger partial charge in [-0.05, 0) is 66.2 Å². The van der Waals surface area contributed by atoms with Gasteiger partial charge in [-0.15, -0.1) is 0 Å². The van der Waals surface area contributed by atoms with Crippen LogP contribution >= 0.6 is 0 Å². The Hall–Kier alpha value is -2.05. The molecule has 2 fully saturated rings. The third-order valence-electron chi connectivity index (χ3n) is 5.25. The van der Waals surface area contributed by atoms with Gasteiger partial charge in [0.05, 0.1) is 6.04 Å². The monoisotopic (exact) mass is 408 g/mol. The maximum atomic E-state index is 12.6. The third kappa shape index (κ3) is 8.46. The van der Waals surface area contributed by atoms with Gasteiger partial charge in [-0.1, -0.05) is 18.9 Å². The third-order valence-corrected chi connectivity index (χ3v) is 5.25. The fourth-order valence-corrected chi connectivity index (χ4v) is 3.78. The van der Waals surface area contributed by atoms with E-state index < -0.39 is 17.7 Å². The van der Waals surface area contributed by atoms with Gasteiger partial charge in [-0.25, -0.2) is 9.59 Å². The molecule has 1 aliphatic carbocycles. The number of carbonyl (C=O) groups is 3. The Morgan fingerprint density at radius 3 is 2.38 bits per heavy atom. The van der Waals surface area contributed by atoms with Gasteiger partial charge in [0.25, 0.3) is 0 Å². The first-order chi connectivity index (χ1) is 13.6. The summed E-state index contributed by atoms with van der Waals surface area (Å²) in [4.78, 5) is 36.8. The highest BCUT2D eigenvalue weighted by Gasteiger charge is 2.29. The molecule has 2 aliphatic rings. The van der Waals surface area contributed by atoms with E-state index in [1.807, 2.05) is 0 Å². The predicted octanol–water partition coefficient (Wildman–Crippen LogP) is 3.62. The molecule has 0 unspecified atom stereocenters. The van der Waals surface area contributed by atoms with Gasteiger partial charge in [0, 0.05) is 18.0 Å².